The van der Waals surface area contributed by atoms with Crippen LogP contribution in [0.15, 0.2) is 41.3 Å². The molecule has 0 saturated heterocycles. The highest BCUT2D eigenvalue weighted by atomic mass is 16.2. The molecule has 1 heterocycles. The second kappa shape index (κ2) is 5.39. The van der Waals surface area contributed by atoms with Gasteiger partial charge in [0.05, 0.1) is 0 Å². The van der Waals surface area contributed by atoms with Gasteiger partial charge in [-0.15, -0.1) is 0 Å². The van der Waals surface area contributed by atoms with Gasteiger partial charge in [0.15, 0.2) is 5.43 Å². The lowest BCUT2D eigenvalue weighted by atomic mass is 10.1. The quantitative estimate of drug-likeness (QED) is 0.722. The molecule has 0 radical (unpaired) electrons. The number of pyridine rings is 1. The number of aromatic amines is 1. The number of anilines is 1. The average molecular weight is 257 g/mol. The van der Waals surface area contributed by atoms with Crippen LogP contribution in [0, 0.1) is 6.92 Å². The standard InChI is InChI=1S/C14H15N3O2/c1-9-6-13(18)11(8-16-9)14(19)17-7-10-4-2-3-5-12(10)15/h2-6,8H,7,15H2,1H3,(H,16,18)(H,17,19). The van der Waals surface area contributed by atoms with Gasteiger partial charge < -0.3 is 16.0 Å². The van der Waals surface area contributed by atoms with Crippen molar-refractivity contribution >= 4 is 11.6 Å². The third-order valence-electron chi connectivity index (χ3n) is 2.80. The number of hydrogen-bond donors (Lipinski definition) is 3. The monoisotopic (exact) mass is 257 g/mol. The summed E-state index contributed by atoms with van der Waals surface area (Å²) >= 11 is 0. The van der Waals surface area contributed by atoms with E-state index < -0.39 is 5.91 Å². The molecule has 0 saturated carbocycles. The molecule has 1 amide bonds. The molecular formula is C14H15N3O2. The molecule has 5 heteroatoms. The van der Waals surface area contributed by atoms with Crippen molar-refractivity contribution in [2.75, 3.05) is 5.73 Å². The smallest absolute Gasteiger partial charge is 0.257 e. The summed E-state index contributed by atoms with van der Waals surface area (Å²) in [5, 5.41) is 2.68. The van der Waals surface area contributed by atoms with E-state index in [0.717, 1.165) is 5.56 Å². The molecule has 0 unspecified atom stereocenters. The fourth-order valence-corrected chi connectivity index (χ4v) is 1.72. The molecule has 0 aliphatic carbocycles. The Morgan fingerprint density at radius 2 is 2.11 bits per heavy atom. The fourth-order valence-electron chi connectivity index (χ4n) is 1.72. The minimum Gasteiger partial charge on any atom is -0.398 e. The molecule has 0 aliphatic heterocycles. The van der Waals surface area contributed by atoms with E-state index in [1.165, 1.54) is 12.3 Å². The highest BCUT2D eigenvalue weighted by Gasteiger charge is 2.10. The normalized spacial score (nSPS) is 10.2. The molecule has 0 bridgehead atoms. The van der Waals surface area contributed by atoms with Crippen molar-refractivity contribution in [1.29, 1.82) is 0 Å². The summed E-state index contributed by atoms with van der Waals surface area (Å²) in [6.45, 7) is 2.05. The van der Waals surface area contributed by atoms with Gasteiger partial charge in [0.1, 0.15) is 5.56 Å². The molecule has 2 aromatic rings. The lowest BCUT2D eigenvalue weighted by molar-refractivity contribution is 0.0949. The predicted molar refractivity (Wildman–Crippen MR) is 73.8 cm³/mol. The number of rotatable bonds is 3. The number of hydrogen-bond acceptors (Lipinski definition) is 3. The summed E-state index contributed by atoms with van der Waals surface area (Å²) < 4.78 is 0. The number of amides is 1. The zero-order valence-electron chi connectivity index (χ0n) is 10.6. The van der Waals surface area contributed by atoms with Crippen LogP contribution in [0.25, 0.3) is 0 Å². The third kappa shape index (κ3) is 3.01. The van der Waals surface area contributed by atoms with E-state index in [9.17, 15) is 9.59 Å². The lowest BCUT2D eigenvalue weighted by Gasteiger charge is -2.07. The van der Waals surface area contributed by atoms with Gasteiger partial charge in [0.25, 0.3) is 5.91 Å². The van der Waals surface area contributed by atoms with E-state index in [2.05, 4.69) is 10.3 Å². The van der Waals surface area contributed by atoms with E-state index in [-0.39, 0.29) is 11.0 Å². The maximum absolute atomic E-state index is 11.9. The summed E-state index contributed by atoms with van der Waals surface area (Å²) in [5.41, 5.74) is 7.72. The number of H-pyrrole nitrogens is 1. The van der Waals surface area contributed by atoms with E-state index >= 15 is 0 Å². The maximum atomic E-state index is 11.9. The molecule has 0 aliphatic rings. The van der Waals surface area contributed by atoms with Crippen LogP contribution < -0.4 is 16.5 Å². The first-order chi connectivity index (χ1) is 9.08. The van der Waals surface area contributed by atoms with Crippen molar-refractivity contribution in [3.05, 3.63) is 63.6 Å². The van der Waals surface area contributed by atoms with E-state index in [0.29, 0.717) is 17.9 Å². The SMILES string of the molecule is Cc1cc(=O)c(C(=O)NCc2ccccc2N)c[nH]1. The van der Waals surface area contributed by atoms with E-state index in [1.54, 1.807) is 13.0 Å². The number of para-hydroxylation sites is 1. The summed E-state index contributed by atoms with van der Waals surface area (Å²) in [7, 11) is 0. The maximum Gasteiger partial charge on any atom is 0.257 e. The third-order valence-corrected chi connectivity index (χ3v) is 2.80. The zero-order chi connectivity index (χ0) is 13.8. The molecule has 5 nitrogen and oxygen atoms in total. The number of benzene rings is 1. The summed E-state index contributed by atoms with van der Waals surface area (Å²) in [5.74, 6) is -0.412. The molecular weight excluding hydrogens is 242 g/mol. The van der Waals surface area contributed by atoms with Crippen molar-refractivity contribution < 1.29 is 4.79 Å². The minimum atomic E-state index is -0.412. The zero-order valence-corrected chi connectivity index (χ0v) is 10.6. The van der Waals surface area contributed by atoms with Crippen LogP contribution >= 0.6 is 0 Å². The molecule has 2 rings (SSSR count). The first-order valence-electron chi connectivity index (χ1n) is 5.89. The van der Waals surface area contributed by atoms with Crippen LogP contribution in [0.5, 0.6) is 0 Å². The highest BCUT2D eigenvalue weighted by Crippen LogP contribution is 2.09. The Morgan fingerprint density at radius 1 is 1.37 bits per heavy atom. The highest BCUT2D eigenvalue weighted by molar-refractivity contribution is 5.93. The van der Waals surface area contributed by atoms with Crippen LogP contribution in [0.4, 0.5) is 5.69 Å². The van der Waals surface area contributed by atoms with Crippen LogP contribution in [0.3, 0.4) is 0 Å². The molecule has 1 aromatic carbocycles. The molecule has 98 valence electrons. The van der Waals surface area contributed by atoms with Gasteiger partial charge >= 0.3 is 0 Å². The lowest BCUT2D eigenvalue weighted by Crippen LogP contribution is -2.28. The molecule has 4 N–H and O–H groups in total. The number of carbonyl (C=O) groups is 1. The Morgan fingerprint density at radius 3 is 2.79 bits per heavy atom. The van der Waals surface area contributed by atoms with Gasteiger partial charge in [0, 0.05) is 30.2 Å². The van der Waals surface area contributed by atoms with Gasteiger partial charge in [0.2, 0.25) is 0 Å². The van der Waals surface area contributed by atoms with Crippen LogP contribution in [-0.4, -0.2) is 10.9 Å². The van der Waals surface area contributed by atoms with Crippen molar-refractivity contribution in [2.24, 2.45) is 0 Å². The van der Waals surface area contributed by atoms with E-state index in [1.807, 2.05) is 18.2 Å². The Bertz CT molecular complexity index is 662. The van der Waals surface area contributed by atoms with Crippen molar-refractivity contribution in [3.63, 3.8) is 0 Å². The number of carbonyl (C=O) groups excluding carboxylic acids is 1. The molecule has 0 atom stereocenters. The summed E-state index contributed by atoms with van der Waals surface area (Å²) in [6, 6.07) is 8.66. The number of nitrogen functional groups attached to an aromatic ring is 1. The first-order valence-corrected chi connectivity index (χ1v) is 5.89. The largest absolute Gasteiger partial charge is 0.398 e. The van der Waals surface area contributed by atoms with Crippen molar-refractivity contribution in [1.82, 2.24) is 10.3 Å². The van der Waals surface area contributed by atoms with Crippen molar-refractivity contribution in [3.8, 4) is 0 Å². The fraction of sp³-hybridized carbons (Fsp3) is 0.143. The molecule has 19 heavy (non-hydrogen) atoms. The van der Waals surface area contributed by atoms with E-state index in [4.69, 9.17) is 5.73 Å². The Hall–Kier alpha value is -2.56. The topological polar surface area (TPSA) is 88.0 Å². The number of nitrogens with one attached hydrogen (secondary N) is 2. The van der Waals surface area contributed by atoms with Crippen LogP contribution in [0.2, 0.25) is 0 Å². The molecule has 0 spiro atoms. The predicted octanol–water partition coefficient (Wildman–Crippen LogP) is 1.20. The van der Waals surface area contributed by atoms with Gasteiger partial charge in [-0.3, -0.25) is 9.59 Å². The minimum absolute atomic E-state index is 0.0973. The number of nitrogens with two attached hydrogens (primary N) is 1. The number of aromatic nitrogens is 1. The summed E-state index contributed by atoms with van der Waals surface area (Å²) in [6.07, 6.45) is 1.42. The second-order valence-corrected chi connectivity index (χ2v) is 4.28. The van der Waals surface area contributed by atoms with Gasteiger partial charge in [-0.25, -0.2) is 0 Å². The van der Waals surface area contributed by atoms with Gasteiger partial charge in [-0.1, -0.05) is 18.2 Å². The molecule has 0 fully saturated rings. The number of aryl methyl sites for hydroxylation is 1. The first kappa shape index (κ1) is 12.9. The average Bonchev–Trinajstić information content (AvgIpc) is 2.37. The Kier molecular flexibility index (Phi) is 3.66. The second-order valence-electron chi connectivity index (χ2n) is 4.28. The Balaban J connectivity index is 2.10. The van der Waals surface area contributed by atoms with Gasteiger partial charge in [-0.2, -0.15) is 0 Å². The summed E-state index contributed by atoms with van der Waals surface area (Å²) in [4.78, 5) is 26.4. The Labute approximate surface area is 110 Å². The van der Waals surface area contributed by atoms with Crippen molar-refractivity contribution in [2.45, 2.75) is 13.5 Å². The molecule has 1 aromatic heterocycles. The van der Waals surface area contributed by atoms with Gasteiger partial charge in [-0.05, 0) is 18.6 Å². The van der Waals surface area contributed by atoms with Crippen LogP contribution in [-0.2, 0) is 6.54 Å². The van der Waals surface area contributed by atoms with Crippen LogP contribution in [0.1, 0.15) is 21.6 Å².